The van der Waals surface area contributed by atoms with E-state index < -0.39 is 0 Å². The molecule has 1 aromatic rings. The summed E-state index contributed by atoms with van der Waals surface area (Å²) in [4.78, 5) is 2.35. The van der Waals surface area contributed by atoms with Crippen LogP contribution >= 0.6 is 0 Å². The second kappa shape index (κ2) is 5.76. The molecule has 1 rings (SSSR count). The van der Waals surface area contributed by atoms with E-state index in [0.29, 0.717) is 0 Å². The molecular formula is C16H32N4. The summed E-state index contributed by atoms with van der Waals surface area (Å²) in [6.45, 7) is 16.3. The van der Waals surface area contributed by atoms with Gasteiger partial charge >= 0.3 is 0 Å². The zero-order chi connectivity index (χ0) is 15.7. The van der Waals surface area contributed by atoms with Crippen LogP contribution in [0, 0.1) is 6.92 Å². The van der Waals surface area contributed by atoms with Crippen molar-refractivity contribution in [3.05, 3.63) is 11.3 Å². The van der Waals surface area contributed by atoms with E-state index in [0.717, 1.165) is 18.7 Å². The molecule has 0 amide bonds. The molecule has 0 radical (unpaired) electrons. The van der Waals surface area contributed by atoms with Crippen LogP contribution in [0.2, 0.25) is 0 Å². The van der Waals surface area contributed by atoms with Gasteiger partial charge in [-0.1, -0.05) is 6.92 Å². The Morgan fingerprint density at radius 1 is 1.20 bits per heavy atom. The Balaban J connectivity index is 3.13. The molecule has 116 valence electrons. The van der Waals surface area contributed by atoms with Crippen LogP contribution < -0.4 is 10.2 Å². The molecule has 4 nitrogen and oxygen atoms in total. The number of anilines is 1. The second-order valence-electron chi connectivity index (χ2n) is 7.34. The highest BCUT2D eigenvalue weighted by molar-refractivity contribution is 5.51. The molecule has 0 saturated carbocycles. The average molecular weight is 280 g/mol. The molecule has 0 fully saturated rings. The first-order chi connectivity index (χ1) is 8.99. The smallest absolute Gasteiger partial charge is 0.131 e. The number of hydrogen-bond donors (Lipinski definition) is 1. The molecule has 0 aliphatic heterocycles. The third-order valence-electron chi connectivity index (χ3n) is 4.20. The molecule has 0 saturated heterocycles. The van der Waals surface area contributed by atoms with Crippen LogP contribution in [0.15, 0.2) is 0 Å². The molecule has 0 aromatic carbocycles. The maximum absolute atomic E-state index is 4.62. The fourth-order valence-corrected chi connectivity index (χ4v) is 2.19. The average Bonchev–Trinajstić information content (AvgIpc) is 2.59. The molecule has 0 unspecified atom stereocenters. The SMILES string of the molecule is CCC(C)(C)N(C)c1c(CNC(C)(C)C)c(C)nn1C. The molecule has 0 bridgehead atoms. The maximum Gasteiger partial charge on any atom is 0.131 e. The van der Waals surface area contributed by atoms with Gasteiger partial charge in [0.25, 0.3) is 0 Å². The highest BCUT2D eigenvalue weighted by Crippen LogP contribution is 2.29. The number of aromatic nitrogens is 2. The van der Waals surface area contributed by atoms with Gasteiger partial charge < -0.3 is 10.2 Å². The minimum Gasteiger partial charge on any atom is -0.355 e. The predicted octanol–water partition coefficient (Wildman–Crippen LogP) is 3.24. The van der Waals surface area contributed by atoms with Gasteiger partial charge in [-0.3, -0.25) is 4.68 Å². The Kier molecular flexibility index (Phi) is 4.90. The van der Waals surface area contributed by atoms with Crippen molar-refractivity contribution in [2.45, 2.75) is 72.5 Å². The van der Waals surface area contributed by atoms with E-state index >= 15 is 0 Å². The molecule has 0 spiro atoms. The summed E-state index contributed by atoms with van der Waals surface area (Å²) in [6, 6.07) is 0. The van der Waals surface area contributed by atoms with Gasteiger partial charge in [-0.2, -0.15) is 5.10 Å². The van der Waals surface area contributed by atoms with E-state index in [1.807, 2.05) is 11.7 Å². The first-order valence-electron chi connectivity index (χ1n) is 7.51. The molecule has 4 heteroatoms. The van der Waals surface area contributed by atoms with Crippen molar-refractivity contribution < 1.29 is 0 Å². The molecule has 0 aliphatic rings. The highest BCUT2D eigenvalue weighted by Gasteiger charge is 2.27. The van der Waals surface area contributed by atoms with Crippen molar-refractivity contribution in [1.29, 1.82) is 0 Å². The van der Waals surface area contributed by atoms with E-state index in [1.54, 1.807) is 0 Å². The number of hydrogen-bond acceptors (Lipinski definition) is 3. The van der Waals surface area contributed by atoms with Crippen molar-refractivity contribution in [3.63, 3.8) is 0 Å². The monoisotopic (exact) mass is 280 g/mol. The Labute approximate surface area is 124 Å². The lowest BCUT2D eigenvalue weighted by Crippen LogP contribution is -2.42. The Bertz CT molecular complexity index is 452. The van der Waals surface area contributed by atoms with Crippen LogP contribution in [0.1, 0.15) is 59.2 Å². The second-order valence-corrected chi connectivity index (χ2v) is 7.34. The van der Waals surface area contributed by atoms with Crippen molar-refractivity contribution in [1.82, 2.24) is 15.1 Å². The minimum atomic E-state index is 0.110. The van der Waals surface area contributed by atoms with Gasteiger partial charge in [-0.05, 0) is 48.0 Å². The predicted molar refractivity (Wildman–Crippen MR) is 87.3 cm³/mol. The number of nitrogens with zero attached hydrogens (tertiary/aromatic N) is 3. The summed E-state index contributed by atoms with van der Waals surface area (Å²) < 4.78 is 2.01. The largest absolute Gasteiger partial charge is 0.355 e. The number of nitrogens with one attached hydrogen (secondary N) is 1. The lowest BCUT2D eigenvalue weighted by Gasteiger charge is -2.37. The summed E-state index contributed by atoms with van der Waals surface area (Å²) in [5, 5.41) is 8.19. The summed E-state index contributed by atoms with van der Waals surface area (Å²) in [5.41, 5.74) is 2.64. The highest BCUT2D eigenvalue weighted by atomic mass is 15.4. The Morgan fingerprint density at radius 2 is 1.75 bits per heavy atom. The maximum atomic E-state index is 4.62. The topological polar surface area (TPSA) is 33.1 Å². The quantitative estimate of drug-likeness (QED) is 0.899. The van der Waals surface area contributed by atoms with E-state index in [-0.39, 0.29) is 11.1 Å². The van der Waals surface area contributed by atoms with Crippen molar-refractivity contribution in [3.8, 4) is 0 Å². The summed E-state index contributed by atoms with van der Waals surface area (Å²) in [7, 11) is 4.20. The zero-order valence-corrected chi connectivity index (χ0v) is 14.8. The van der Waals surface area contributed by atoms with Crippen molar-refractivity contribution in [2.75, 3.05) is 11.9 Å². The van der Waals surface area contributed by atoms with Crippen LogP contribution in [0.3, 0.4) is 0 Å². The van der Waals surface area contributed by atoms with Gasteiger partial charge in [0.1, 0.15) is 5.82 Å². The Hall–Kier alpha value is -1.03. The van der Waals surface area contributed by atoms with E-state index in [4.69, 9.17) is 0 Å². The van der Waals surface area contributed by atoms with Crippen molar-refractivity contribution in [2.24, 2.45) is 7.05 Å². The van der Waals surface area contributed by atoms with Gasteiger partial charge in [0, 0.05) is 37.3 Å². The van der Waals surface area contributed by atoms with Gasteiger partial charge in [0.15, 0.2) is 0 Å². The van der Waals surface area contributed by atoms with Gasteiger partial charge in [0.2, 0.25) is 0 Å². The first kappa shape index (κ1) is 17.0. The normalized spacial score (nSPS) is 12.8. The molecule has 1 aromatic heterocycles. The van der Waals surface area contributed by atoms with Gasteiger partial charge in [-0.15, -0.1) is 0 Å². The summed E-state index contributed by atoms with van der Waals surface area (Å²) in [6.07, 6.45) is 1.10. The molecule has 20 heavy (non-hydrogen) atoms. The molecule has 1 N–H and O–H groups in total. The minimum absolute atomic E-state index is 0.110. The lowest BCUT2D eigenvalue weighted by molar-refractivity contribution is 0.421. The van der Waals surface area contributed by atoms with E-state index in [9.17, 15) is 0 Å². The van der Waals surface area contributed by atoms with Gasteiger partial charge in [0.05, 0.1) is 5.69 Å². The summed E-state index contributed by atoms with van der Waals surface area (Å²) >= 11 is 0. The van der Waals surface area contributed by atoms with Crippen LogP contribution in [0.4, 0.5) is 5.82 Å². The molecule has 1 heterocycles. The molecule has 0 atom stereocenters. The third kappa shape index (κ3) is 3.75. The van der Waals surface area contributed by atoms with E-state index in [1.165, 1.54) is 11.4 Å². The first-order valence-corrected chi connectivity index (χ1v) is 7.51. The Morgan fingerprint density at radius 3 is 2.20 bits per heavy atom. The fraction of sp³-hybridized carbons (Fsp3) is 0.812. The van der Waals surface area contributed by atoms with Gasteiger partial charge in [-0.25, -0.2) is 0 Å². The van der Waals surface area contributed by atoms with Crippen molar-refractivity contribution >= 4 is 5.82 Å². The molecule has 0 aliphatic carbocycles. The third-order valence-corrected chi connectivity index (χ3v) is 4.20. The van der Waals surface area contributed by atoms with Crippen LogP contribution in [-0.2, 0) is 13.6 Å². The van der Waals surface area contributed by atoms with Crippen LogP contribution in [0.25, 0.3) is 0 Å². The molecular weight excluding hydrogens is 248 g/mol. The number of rotatable bonds is 5. The van der Waals surface area contributed by atoms with E-state index in [2.05, 4.69) is 70.8 Å². The zero-order valence-electron chi connectivity index (χ0n) is 14.8. The fourth-order valence-electron chi connectivity index (χ4n) is 2.19. The number of aryl methyl sites for hydroxylation is 2. The standard InChI is InChI=1S/C16H32N4/c1-10-16(6,7)19(8)14-13(11-17-15(3,4)5)12(2)18-20(14)9/h17H,10-11H2,1-9H3. The van der Waals surface area contributed by atoms with Crippen LogP contribution in [-0.4, -0.2) is 27.9 Å². The van der Waals surface area contributed by atoms with Crippen LogP contribution in [0.5, 0.6) is 0 Å². The lowest BCUT2D eigenvalue weighted by atomic mass is 9.99. The summed E-state index contributed by atoms with van der Waals surface area (Å²) in [5.74, 6) is 1.21.